The van der Waals surface area contributed by atoms with Crippen LogP contribution in [0, 0.1) is 5.82 Å². The van der Waals surface area contributed by atoms with Gasteiger partial charge in [-0.05, 0) is 29.7 Å². The first-order valence-corrected chi connectivity index (χ1v) is 6.70. The Hall–Kier alpha value is -2.07. The first-order chi connectivity index (χ1) is 9.24. The number of benzene rings is 2. The summed E-state index contributed by atoms with van der Waals surface area (Å²) < 4.78 is 20.0. The van der Waals surface area contributed by atoms with Gasteiger partial charge in [0, 0.05) is 10.6 Å². The van der Waals surface area contributed by atoms with Gasteiger partial charge in [0.05, 0.1) is 4.70 Å². The largest absolute Gasteiger partial charge is 0.485 e. The fourth-order valence-electron chi connectivity index (χ4n) is 1.92. The van der Waals surface area contributed by atoms with E-state index in [9.17, 15) is 4.39 Å². The van der Waals surface area contributed by atoms with E-state index in [4.69, 9.17) is 10.5 Å². The van der Waals surface area contributed by atoms with Crippen molar-refractivity contribution < 1.29 is 9.13 Å². The average Bonchev–Trinajstić information content (AvgIpc) is 2.82. The van der Waals surface area contributed by atoms with Crippen LogP contribution in [0.25, 0.3) is 10.1 Å². The van der Waals surface area contributed by atoms with Crippen molar-refractivity contribution in [2.24, 2.45) is 0 Å². The molecule has 0 amide bonds. The molecule has 0 spiro atoms. The summed E-state index contributed by atoms with van der Waals surface area (Å²) in [6.07, 6.45) is 0. The van der Waals surface area contributed by atoms with Crippen molar-refractivity contribution in [2.75, 3.05) is 5.73 Å². The normalized spacial score (nSPS) is 10.8. The molecule has 4 heteroatoms. The number of hydrogen-bond acceptors (Lipinski definition) is 3. The van der Waals surface area contributed by atoms with E-state index in [2.05, 4.69) is 0 Å². The molecule has 0 saturated heterocycles. The Bertz CT molecular complexity index is 723. The van der Waals surface area contributed by atoms with Gasteiger partial charge in [-0.1, -0.05) is 24.3 Å². The number of hydrogen-bond donors (Lipinski definition) is 1. The lowest BCUT2D eigenvalue weighted by atomic mass is 10.2. The number of thiophene rings is 1. The molecule has 2 nitrogen and oxygen atoms in total. The first kappa shape index (κ1) is 12.0. The van der Waals surface area contributed by atoms with E-state index in [0.717, 1.165) is 20.7 Å². The molecule has 0 fully saturated rings. The van der Waals surface area contributed by atoms with E-state index in [1.54, 1.807) is 29.5 Å². The number of fused-ring (bicyclic) bond motifs is 1. The number of halogens is 1. The first-order valence-electron chi connectivity index (χ1n) is 5.88. The van der Waals surface area contributed by atoms with Crippen molar-refractivity contribution in [3.05, 3.63) is 59.2 Å². The van der Waals surface area contributed by atoms with E-state index in [1.807, 2.05) is 24.3 Å². The summed E-state index contributed by atoms with van der Waals surface area (Å²) in [5, 5.41) is 1.09. The fraction of sp³-hybridized carbons (Fsp3) is 0.0667. The summed E-state index contributed by atoms with van der Waals surface area (Å²) in [6.45, 7) is 0.347. The Kier molecular flexibility index (Phi) is 3.09. The van der Waals surface area contributed by atoms with Gasteiger partial charge in [-0.15, -0.1) is 11.3 Å². The predicted molar refractivity (Wildman–Crippen MR) is 77.0 cm³/mol. The number of nitrogen functional groups attached to an aromatic ring is 1. The van der Waals surface area contributed by atoms with E-state index >= 15 is 0 Å². The number of ether oxygens (including phenoxy) is 1. The molecule has 0 unspecified atom stereocenters. The molecule has 1 heterocycles. The third-order valence-corrected chi connectivity index (χ3v) is 4.01. The van der Waals surface area contributed by atoms with E-state index in [0.29, 0.717) is 6.61 Å². The number of anilines is 1. The van der Waals surface area contributed by atoms with Crippen LogP contribution in [0.4, 0.5) is 10.1 Å². The van der Waals surface area contributed by atoms with E-state index < -0.39 is 0 Å². The molecule has 19 heavy (non-hydrogen) atoms. The minimum absolute atomic E-state index is 0.271. The zero-order valence-corrected chi connectivity index (χ0v) is 10.9. The molecule has 0 saturated carbocycles. The van der Waals surface area contributed by atoms with Crippen LogP contribution in [-0.4, -0.2) is 0 Å². The molecule has 0 bridgehead atoms. The summed E-state index contributed by atoms with van der Waals surface area (Å²) >= 11 is 1.58. The molecule has 0 atom stereocenters. The molecule has 2 N–H and O–H groups in total. The Labute approximate surface area is 114 Å². The third kappa shape index (κ3) is 2.39. The van der Waals surface area contributed by atoms with Gasteiger partial charge < -0.3 is 10.5 Å². The van der Waals surface area contributed by atoms with Crippen LogP contribution >= 0.6 is 11.3 Å². The topological polar surface area (TPSA) is 35.2 Å². The Morgan fingerprint density at radius 3 is 2.74 bits per heavy atom. The maximum absolute atomic E-state index is 13.4. The molecular formula is C15H12FNOS. The lowest BCUT2D eigenvalue weighted by molar-refractivity contribution is 0.293. The van der Waals surface area contributed by atoms with Gasteiger partial charge in [0.15, 0.2) is 11.6 Å². The van der Waals surface area contributed by atoms with Crippen molar-refractivity contribution >= 4 is 27.1 Å². The molecule has 2 aromatic carbocycles. The van der Waals surface area contributed by atoms with Gasteiger partial charge in [-0.25, -0.2) is 4.39 Å². The second-order valence-corrected chi connectivity index (χ2v) is 5.33. The van der Waals surface area contributed by atoms with E-state index in [-0.39, 0.29) is 11.6 Å². The van der Waals surface area contributed by atoms with Gasteiger partial charge in [0.1, 0.15) is 6.61 Å². The van der Waals surface area contributed by atoms with Gasteiger partial charge >= 0.3 is 0 Å². The number of nitrogens with two attached hydrogens (primary N) is 1. The van der Waals surface area contributed by atoms with Crippen molar-refractivity contribution in [3.63, 3.8) is 0 Å². The second-order valence-electron chi connectivity index (χ2n) is 4.20. The minimum atomic E-state index is -0.344. The smallest absolute Gasteiger partial charge is 0.165 e. The van der Waals surface area contributed by atoms with Crippen molar-refractivity contribution in [3.8, 4) is 5.75 Å². The highest BCUT2D eigenvalue weighted by molar-refractivity contribution is 7.19. The lowest BCUT2D eigenvalue weighted by Crippen LogP contribution is -1.94. The minimum Gasteiger partial charge on any atom is -0.485 e. The average molecular weight is 273 g/mol. The van der Waals surface area contributed by atoms with Crippen molar-refractivity contribution in [1.82, 2.24) is 0 Å². The molecule has 0 aliphatic heterocycles. The molecule has 3 aromatic rings. The Morgan fingerprint density at radius 2 is 1.95 bits per heavy atom. The van der Waals surface area contributed by atoms with Gasteiger partial charge in [-0.2, -0.15) is 0 Å². The predicted octanol–water partition coefficient (Wildman–Crippen LogP) is 4.20. The van der Waals surface area contributed by atoms with Gasteiger partial charge in [-0.3, -0.25) is 0 Å². The van der Waals surface area contributed by atoms with Crippen LogP contribution < -0.4 is 10.5 Å². The van der Waals surface area contributed by atoms with Gasteiger partial charge in [0.2, 0.25) is 0 Å². The summed E-state index contributed by atoms with van der Waals surface area (Å²) in [6, 6.07) is 14.2. The van der Waals surface area contributed by atoms with Crippen molar-refractivity contribution in [1.29, 1.82) is 0 Å². The molecular weight excluding hydrogens is 261 g/mol. The van der Waals surface area contributed by atoms with Crippen LogP contribution in [0.1, 0.15) is 4.88 Å². The highest BCUT2D eigenvalue weighted by Crippen LogP contribution is 2.31. The maximum atomic E-state index is 13.4. The quantitative estimate of drug-likeness (QED) is 0.726. The molecule has 1 aromatic heterocycles. The lowest BCUT2D eigenvalue weighted by Gasteiger charge is -2.04. The Balaban J connectivity index is 1.83. The summed E-state index contributed by atoms with van der Waals surface area (Å²) in [7, 11) is 0. The molecule has 0 aliphatic rings. The number of para-hydroxylation sites is 1. The van der Waals surface area contributed by atoms with Crippen LogP contribution in [0.5, 0.6) is 5.75 Å². The standard InChI is InChI=1S/C15H12FNOS/c16-12-5-1-2-7-14(12)18-9-11-8-10-4-3-6-13(17)15(10)19-11/h1-8H,9,17H2. The van der Waals surface area contributed by atoms with Crippen LogP contribution in [-0.2, 0) is 6.61 Å². The van der Waals surface area contributed by atoms with E-state index in [1.165, 1.54) is 6.07 Å². The highest BCUT2D eigenvalue weighted by Gasteiger charge is 2.06. The zero-order chi connectivity index (χ0) is 13.2. The van der Waals surface area contributed by atoms with Crippen LogP contribution in [0.3, 0.4) is 0 Å². The zero-order valence-electron chi connectivity index (χ0n) is 10.1. The SMILES string of the molecule is Nc1cccc2cc(COc3ccccc3F)sc12. The van der Waals surface area contributed by atoms with Crippen LogP contribution in [0.2, 0.25) is 0 Å². The van der Waals surface area contributed by atoms with Gasteiger partial charge in [0.25, 0.3) is 0 Å². The monoisotopic (exact) mass is 273 g/mol. The Morgan fingerprint density at radius 1 is 1.11 bits per heavy atom. The highest BCUT2D eigenvalue weighted by atomic mass is 32.1. The summed E-state index contributed by atoms with van der Waals surface area (Å²) in [4.78, 5) is 1.02. The van der Waals surface area contributed by atoms with Crippen molar-refractivity contribution in [2.45, 2.75) is 6.61 Å². The molecule has 0 aliphatic carbocycles. The fourth-order valence-corrected chi connectivity index (χ4v) is 2.92. The molecule has 0 radical (unpaired) electrons. The summed E-state index contributed by atoms with van der Waals surface area (Å²) in [5.74, 6) is -0.0731. The summed E-state index contributed by atoms with van der Waals surface area (Å²) in [5.41, 5.74) is 6.67. The second kappa shape index (κ2) is 4.90. The maximum Gasteiger partial charge on any atom is 0.165 e. The molecule has 3 rings (SSSR count). The number of rotatable bonds is 3. The molecule has 96 valence electrons. The third-order valence-electron chi connectivity index (χ3n) is 2.83. The van der Waals surface area contributed by atoms with Crippen LogP contribution in [0.15, 0.2) is 48.5 Å².